The molecule has 31 heavy (non-hydrogen) atoms. The fraction of sp³-hybridized carbons (Fsp3) is 0.238. The quantitative estimate of drug-likeness (QED) is 0.437. The molecule has 0 saturated heterocycles. The summed E-state index contributed by atoms with van der Waals surface area (Å²) in [5.74, 6) is 0.110. The van der Waals surface area contributed by atoms with Crippen molar-refractivity contribution in [2.45, 2.75) is 30.9 Å². The standard InChI is InChI=1S/C21H19F3N4O2S/c1-13-10-25-18(14(2)19(13)30-12-21(22,23)24)11-31(29)20-26-16-6-5-15(9-17(16)27-20)28-7-3-4-8-28/h3-10H,11-12H2,1-2H3,(H,26,27)/t31-/m0/s1. The van der Waals surface area contributed by atoms with Gasteiger partial charge in [0.1, 0.15) is 5.75 Å². The van der Waals surface area contributed by atoms with Crippen LogP contribution in [-0.2, 0) is 16.9 Å². The van der Waals surface area contributed by atoms with Crippen LogP contribution in [0.15, 0.2) is 54.1 Å². The molecule has 10 heteroatoms. The number of aromatic nitrogens is 4. The van der Waals surface area contributed by atoms with Gasteiger partial charge in [-0.25, -0.2) is 0 Å². The van der Waals surface area contributed by atoms with Gasteiger partial charge in [-0.2, -0.15) is 18.2 Å². The molecule has 0 radical (unpaired) electrons. The number of nitrogens with one attached hydrogen (secondary N) is 1. The topological polar surface area (TPSA) is 78.8 Å². The molecule has 0 bridgehead atoms. The minimum absolute atomic E-state index is 0.00122. The molecule has 3 heterocycles. The van der Waals surface area contributed by atoms with E-state index in [2.05, 4.69) is 15.0 Å². The molecule has 162 valence electrons. The molecule has 0 spiro atoms. The first-order chi connectivity index (χ1) is 14.7. The van der Waals surface area contributed by atoms with Gasteiger partial charge in [0, 0.05) is 46.6 Å². The molecule has 0 aliphatic carbocycles. The van der Waals surface area contributed by atoms with Gasteiger partial charge in [0.25, 0.3) is 0 Å². The van der Waals surface area contributed by atoms with E-state index in [1.807, 2.05) is 47.3 Å². The zero-order chi connectivity index (χ0) is 22.2. The van der Waals surface area contributed by atoms with Crippen LogP contribution in [0.25, 0.3) is 16.7 Å². The molecule has 6 nitrogen and oxygen atoms in total. The largest absolute Gasteiger partial charge is 0.609 e. The van der Waals surface area contributed by atoms with Crippen molar-refractivity contribution in [3.63, 3.8) is 0 Å². The minimum atomic E-state index is -4.45. The lowest BCUT2D eigenvalue weighted by atomic mass is 10.1. The smallest absolute Gasteiger partial charge is 0.422 e. The zero-order valence-electron chi connectivity index (χ0n) is 16.7. The van der Waals surface area contributed by atoms with E-state index < -0.39 is 24.0 Å². The van der Waals surface area contributed by atoms with Crippen molar-refractivity contribution < 1.29 is 22.5 Å². The van der Waals surface area contributed by atoms with E-state index in [0.29, 0.717) is 22.3 Å². The van der Waals surface area contributed by atoms with E-state index >= 15 is 0 Å². The summed E-state index contributed by atoms with van der Waals surface area (Å²) in [7, 11) is 0. The third kappa shape index (κ3) is 4.70. The molecule has 1 atom stereocenters. The van der Waals surface area contributed by atoms with Gasteiger partial charge in [-0.1, -0.05) is 0 Å². The number of ether oxygens (including phenoxy) is 1. The monoisotopic (exact) mass is 448 g/mol. The first-order valence-electron chi connectivity index (χ1n) is 9.37. The first kappa shape index (κ1) is 21.3. The molecule has 1 aromatic carbocycles. The van der Waals surface area contributed by atoms with Crippen molar-refractivity contribution in [2.75, 3.05) is 6.61 Å². The molecule has 0 fully saturated rings. The summed E-state index contributed by atoms with van der Waals surface area (Å²) in [4.78, 5) is 11.7. The number of benzene rings is 1. The maximum atomic E-state index is 12.9. The van der Waals surface area contributed by atoms with Crippen LogP contribution >= 0.6 is 0 Å². The molecule has 0 aliphatic heterocycles. The predicted octanol–water partition coefficient (Wildman–Crippen LogP) is 4.61. The van der Waals surface area contributed by atoms with Crippen LogP contribution in [0, 0.1) is 13.8 Å². The summed E-state index contributed by atoms with van der Waals surface area (Å²) < 4.78 is 57.5. The molecule has 0 aliphatic rings. The summed E-state index contributed by atoms with van der Waals surface area (Å²) in [6.45, 7) is 1.84. The van der Waals surface area contributed by atoms with Crippen molar-refractivity contribution in [2.24, 2.45) is 0 Å². The lowest BCUT2D eigenvalue weighted by Crippen LogP contribution is -2.20. The lowest BCUT2D eigenvalue weighted by Gasteiger charge is -2.16. The SMILES string of the molecule is Cc1cnc(C[S@+]([O-])c2nc3cc(-n4cccc4)ccc3[nH]2)c(C)c1OCC(F)(F)F. The highest BCUT2D eigenvalue weighted by atomic mass is 32.2. The average Bonchev–Trinajstić information content (AvgIpc) is 3.38. The molecule has 0 amide bonds. The number of aromatic amines is 1. The number of pyridine rings is 1. The van der Waals surface area contributed by atoms with Gasteiger partial charge in [0.2, 0.25) is 0 Å². The van der Waals surface area contributed by atoms with Crippen LogP contribution in [0.1, 0.15) is 16.8 Å². The Morgan fingerprint density at radius 3 is 2.65 bits per heavy atom. The molecule has 4 rings (SSSR count). The predicted molar refractivity (Wildman–Crippen MR) is 111 cm³/mol. The van der Waals surface area contributed by atoms with E-state index in [1.54, 1.807) is 13.8 Å². The summed E-state index contributed by atoms with van der Waals surface area (Å²) >= 11 is -1.57. The lowest BCUT2D eigenvalue weighted by molar-refractivity contribution is -0.153. The van der Waals surface area contributed by atoms with Crippen LogP contribution < -0.4 is 4.74 Å². The second-order valence-electron chi connectivity index (χ2n) is 7.07. The fourth-order valence-corrected chi connectivity index (χ4v) is 4.32. The van der Waals surface area contributed by atoms with Crippen LogP contribution in [-0.4, -0.2) is 36.9 Å². The second-order valence-corrected chi connectivity index (χ2v) is 8.44. The van der Waals surface area contributed by atoms with E-state index in [4.69, 9.17) is 4.74 Å². The van der Waals surface area contributed by atoms with Gasteiger partial charge >= 0.3 is 11.3 Å². The highest BCUT2D eigenvalue weighted by Crippen LogP contribution is 2.29. The molecule has 0 unspecified atom stereocenters. The van der Waals surface area contributed by atoms with Gasteiger partial charge in [-0.15, -0.1) is 0 Å². The van der Waals surface area contributed by atoms with E-state index in [9.17, 15) is 17.7 Å². The maximum absolute atomic E-state index is 12.9. The number of rotatable bonds is 6. The summed E-state index contributed by atoms with van der Waals surface area (Å²) in [5, 5.41) is 0.277. The highest BCUT2D eigenvalue weighted by molar-refractivity contribution is 7.90. The van der Waals surface area contributed by atoms with Crippen molar-refractivity contribution in [1.82, 2.24) is 19.5 Å². The normalized spacial score (nSPS) is 13.0. The number of halogens is 3. The number of aryl methyl sites for hydroxylation is 1. The second kappa shape index (κ2) is 8.27. The van der Waals surface area contributed by atoms with Crippen molar-refractivity contribution in [3.05, 3.63) is 65.7 Å². The number of H-pyrrole nitrogens is 1. The number of hydrogen-bond acceptors (Lipinski definition) is 4. The van der Waals surface area contributed by atoms with E-state index in [0.717, 1.165) is 11.2 Å². The Morgan fingerprint density at radius 2 is 1.94 bits per heavy atom. The number of imidazole rings is 1. The number of nitrogens with zero attached hydrogens (tertiary/aromatic N) is 3. The summed E-state index contributed by atoms with van der Waals surface area (Å²) in [6.07, 6.45) is 0.806. The van der Waals surface area contributed by atoms with Crippen LogP contribution in [0.3, 0.4) is 0 Å². The molecule has 4 aromatic rings. The zero-order valence-corrected chi connectivity index (χ0v) is 17.5. The molecular formula is C21H19F3N4O2S. The number of fused-ring (bicyclic) bond motifs is 1. The first-order valence-corrected chi connectivity index (χ1v) is 10.7. The Hall–Kier alpha value is -2.98. The summed E-state index contributed by atoms with van der Waals surface area (Å²) in [5.41, 5.74) is 3.64. The maximum Gasteiger partial charge on any atom is 0.422 e. The Kier molecular flexibility index (Phi) is 5.67. The Bertz CT molecular complexity index is 1210. The Labute approximate surface area is 179 Å². The van der Waals surface area contributed by atoms with Crippen LogP contribution in [0.4, 0.5) is 13.2 Å². The van der Waals surface area contributed by atoms with Gasteiger partial charge in [-0.3, -0.25) is 9.97 Å². The summed E-state index contributed by atoms with van der Waals surface area (Å²) in [6, 6.07) is 9.49. The van der Waals surface area contributed by atoms with Gasteiger partial charge in [0.15, 0.2) is 12.4 Å². The fourth-order valence-electron chi connectivity index (χ4n) is 3.22. The molecule has 3 aromatic heterocycles. The van der Waals surface area contributed by atoms with Crippen molar-refractivity contribution in [3.8, 4) is 11.4 Å². The Morgan fingerprint density at radius 1 is 1.19 bits per heavy atom. The van der Waals surface area contributed by atoms with Gasteiger partial charge < -0.3 is 13.9 Å². The van der Waals surface area contributed by atoms with Crippen molar-refractivity contribution in [1.29, 1.82) is 0 Å². The number of hydrogen-bond donors (Lipinski definition) is 1. The van der Waals surface area contributed by atoms with Crippen molar-refractivity contribution >= 4 is 22.2 Å². The van der Waals surface area contributed by atoms with Gasteiger partial charge in [0.05, 0.1) is 16.7 Å². The van der Waals surface area contributed by atoms with Crippen LogP contribution in [0.2, 0.25) is 0 Å². The van der Waals surface area contributed by atoms with Gasteiger partial charge in [-0.05, 0) is 44.2 Å². The highest BCUT2D eigenvalue weighted by Gasteiger charge is 2.29. The van der Waals surface area contributed by atoms with E-state index in [1.165, 1.54) is 6.20 Å². The third-order valence-corrected chi connectivity index (χ3v) is 5.92. The van der Waals surface area contributed by atoms with E-state index in [-0.39, 0.29) is 16.7 Å². The molecule has 0 saturated carbocycles. The number of alkyl halides is 3. The molecule has 1 N–H and O–H groups in total. The molecular weight excluding hydrogens is 429 g/mol. The minimum Gasteiger partial charge on any atom is -0.609 e. The third-order valence-electron chi connectivity index (χ3n) is 4.76. The van der Waals surface area contributed by atoms with Crippen LogP contribution in [0.5, 0.6) is 5.75 Å². The Balaban J connectivity index is 1.56. The average molecular weight is 448 g/mol.